The van der Waals surface area contributed by atoms with Gasteiger partial charge in [-0.05, 0) is 17.2 Å². The van der Waals surface area contributed by atoms with Crippen molar-refractivity contribution in [1.82, 2.24) is 15.0 Å². The molecule has 2 aliphatic rings. The molecule has 0 bridgehead atoms. The smallest absolute Gasteiger partial charge is 0.296 e. The van der Waals surface area contributed by atoms with Gasteiger partial charge in [0, 0.05) is 5.56 Å². The Kier molecular flexibility index (Phi) is 4.82. The van der Waals surface area contributed by atoms with Crippen LogP contribution in [0.15, 0.2) is 60.7 Å². The number of pyridine rings is 1. The van der Waals surface area contributed by atoms with Crippen LogP contribution in [0.2, 0.25) is 5.02 Å². The van der Waals surface area contributed by atoms with Gasteiger partial charge >= 0.3 is 0 Å². The van der Waals surface area contributed by atoms with E-state index in [9.17, 15) is 4.39 Å². The van der Waals surface area contributed by atoms with Gasteiger partial charge in [0.05, 0.1) is 29.4 Å². The van der Waals surface area contributed by atoms with Crippen LogP contribution in [0.5, 0.6) is 6.01 Å². The van der Waals surface area contributed by atoms with Crippen molar-refractivity contribution in [1.29, 1.82) is 0 Å². The topological polar surface area (TPSA) is 69.3 Å². The van der Waals surface area contributed by atoms with Crippen molar-refractivity contribution < 1.29 is 18.6 Å². The van der Waals surface area contributed by atoms with Gasteiger partial charge in [-0.25, -0.2) is 9.37 Å². The maximum atomic E-state index is 13.8. The number of imidazole rings is 1. The van der Waals surface area contributed by atoms with Gasteiger partial charge in [-0.3, -0.25) is 0 Å². The second-order valence-electron chi connectivity index (χ2n) is 7.94. The highest BCUT2D eigenvalue weighted by Gasteiger charge is 2.49. The van der Waals surface area contributed by atoms with Crippen LogP contribution < -0.4 is 4.74 Å². The predicted octanol–water partition coefficient (Wildman–Crippen LogP) is 4.83. The quantitative estimate of drug-likeness (QED) is 0.481. The van der Waals surface area contributed by atoms with Crippen molar-refractivity contribution >= 4 is 22.8 Å². The third-order valence-electron chi connectivity index (χ3n) is 5.88. The lowest BCUT2D eigenvalue weighted by Crippen LogP contribution is -2.34. The summed E-state index contributed by atoms with van der Waals surface area (Å²) in [6, 6.07) is 20.3. The van der Waals surface area contributed by atoms with Crippen LogP contribution in [0.3, 0.4) is 0 Å². The maximum absolute atomic E-state index is 13.8. The summed E-state index contributed by atoms with van der Waals surface area (Å²) in [5.41, 5.74) is 4.93. The monoisotopic (exact) mass is 451 g/mol. The molecule has 6 nitrogen and oxygen atoms in total. The number of halogens is 2. The Hall–Kier alpha value is -3.00. The lowest BCUT2D eigenvalue weighted by Gasteiger charge is -2.15. The zero-order chi connectivity index (χ0) is 21.7. The van der Waals surface area contributed by atoms with E-state index in [0.717, 1.165) is 16.7 Å². The van der Waals surface area contributed by atoms with E-state index < -0.39 is 24.5 Å². The summed E-state index contributed by atoms with van der Waals surface area (Å²) in [6.45, 7) is 0.277. The molecule has 4 aromatic rings. The molecule has 0 radical (unpaired) electrons. The maximum Gasteiger partial charge on any atom is 0.296 e. The summed E-state index contributed by atoms with van der Waals surface area (Å²) >= 11 is 6.53. The number of nitrogens with one attached hydrogen (secondary N) is 1. The average molecular weight is 452 g/mol. The predicted molar refractivity (Wildman–Crippen MR) is 119 cm³/mol. The van der Waals surface area contributed by atoms with Gasteiger partial charge in [0.25, 0.3) is 6.01 Å². The summed E-state index contributed by atoms with van der Waals surface area (Å²) < 4.78 is 30.6. The second-order valence-corrected chi connectivity index (χ2v) is 8.35. The molecule has 6 rings (SSSR count). The Morgan fingerprint density at radius 1 is 0.906 bits per heavy atom. The molecule has 0 saturated carbocycles. The summed E-state index contributed by atoms with van der Waals surface area (Å²) in [6.07, 6.45) is -2.57. The molecule has 32 heavy (non-hydrogen) atoms. The minimum absolute atomic E-state index is 0.0267. The van der Waals surface area contributed by atoms with E-state index in [0.29, 0.717) is 21.9 Å². The van der Waals surface area contributed by atoms with Gasteiger partial charge < -0.3 is 19.2 Å². The summed E-state index contributed by atoms with van der Waals surface area (Å²) in [4.78, 5) is 12.2. The van der Waals surface area contributed by atoms with E-state index >= 15 is 0 Å². The number of hydrogen-bond donors (Lipinski definition) is 1. The standard InChI is InChI=1S/C24H19ClFN3O3/c25-16-10-18-23(29-24(27-18)32-19-12-31-21-17(26)11-30-22(19)21)28-20(16)15-8-6-14(7-9-15)13-4-2-1-3-5-13/h1-10,17,19,21-22H,11-12H2,(H,27,28,29)/t17-,19+,21?,22+/m0/s1. The molecule has 4 atom stereocenters. The molecule has 1 N–H and O–H groups in total. The molecular weight excluding hydrogens is 433 g/mol. The molecule has 1 unspecified atom stereocenters. The third kappa shape index (κ3) is 3.43. The van der Waals surface area contributed by atoms with Crippen molar-refractivity contribution in [3.8, 4) is 28.4 Å². The number of aromatic amines is 1. The van der Waals surface area contributed by atoms with Gasteiger partial charge in [0.1, 0.15) is 12.2 Å². The number of aromatic nitrogens is 3. The molecule has 2 aliphatic heterocycles. The second kappa shape index (κ2) is 7.85. The van der Waals surface area contributed by atoms with Crippen molar-refractivity contribution in [2.75, 3.05) is 13.2 Å². The number of benzene rings is 2. The van der Waals surface area contributed by atoms with Crippen molar-refractivity contribution in [3.63, 3.8) is 0 Å². The van der Waals surface area contributed by atoms with Gasteiger partial charge in [0.2, 0.25) is 0 Å². The summed E-state index contributed by atoms with van der Waals surface area (Å²) in [7, 11) is 0. The molecule has 8 heteroatoms. The van der Waals surface area contributed by atoms with Gasteiger partial charge in [-0.2, -0.15) is 4.98 Å². The molecule has 2 aromatic heterocycles. The lowest BCUT2D eigenvalue weighted by atomic mass is 10.0. The van der Waals surface area contributed by atoms with Crippen molar-refractivity contribution in [3.05, 3.63) is 65.7 Å². The van der Waals surface area contributed by atoms with Gasteiger partial charge in [-0.15, -0.1) is 0 Å². The number of ether oxygens (including phenoxy) is 3. The minimum atomic E-state index is -1.12. The highest BCUT2D eigenvalue weighted by molar-refractivity contribution is 6.33. The number of alkyl halides is 1. The van der Waals surface area contributed by atoms with E-state index in [1.165, 1.54) is 0 Å². The Balaban J connectivity index is 1.26. The summed E-state index contributed by atoms with van der Waals surface area (Å²) in [5, 5.41) is 0.504. The molecule has 0 aliphatic carbocycles. The largest absolute Gasteiger partial charge is 0.456 e. The van der Waals surface area contributed by atoms with Crippen LogP contribution in [0.4, 0.5) is 4.39 Å². The van der Waals surface area contributed by atoms with Crippen LogP contribution in [-0.4, -0.2) is 52.6 Å². The van der Waals surface area contributed by atoms with Crippen molar-refractivity contribution in [2.45, 2.75) is 24.5 Å². The third-order valence-corrected chi connectivity index (χ3v) is 6.17. The first-order valence-electron chi connectivity index (χ1n) is 10.4. The first-order valence-corrected chi connectivity index (χ1v) is 10.8. The number of fused-ring (bicyclic) bond motifs is 2. The Morgan fingerprint density at radius 3 is 2.44 bits per heavy atom. The zero-order valence-corrected chi connectivity index (χ0v) is 17.6. The fourth-order valence-electron chi connectivity index (χ4n) is 4.27. The molecule has 2 saturated heterocycles. The van der Waals surface area contributed by atoms with E-state index in [1.54, 1.807) is 6.07 Å². The first kappa shape index (κ1) is 19.7. The fraction of sp³-hybridized carbons (Fsp3) is 0.250. The molecule has 0 spiro atoms. The van der Waals surface area contributed by atoms with E-state index in [2.05, 4.69) is 27.1 Å². The highest BCUT2D eigenvalue weighted by atomic mass is 35.5. The molecular formula is C24H19ClFN3O3. The SMILES string of the molecule is F[C@H]1CO[C@H]2C1OC[C@H]2Oc1nc2nc(-c3ccc(-c4ccccc4)cc3)c(Cl)cc2[nH]1. The van der Waals surface area contributed by atoms with E-state index in [1.807, 2.05) is 42.5 Å². The first-order chi connectivity index (χ1) is 15.7. The lowest BCUT2D eigenvalue weighted by molar-refractivity contribution is 0.0244. The molecule has 162 valence electrons. The minimum Gasteiger partial charge on any atom is -0.456 e. The number of hydrogen-bond acceptors (Lipinski definition) is 5. The van der Waals surface area contributed by atoms with Gasteiger partial charge in [0.15, 0.2) is 17.9 Å². The zero-order valence-electron chi connectivity index (χ0n) is 16.9. The fourth-order valence-corrected chi connectivity index (χ4v) is 4.53. The Bertz CT molecular complexity index is 1260. The summed E-state index contributed by atoms with van der Waals surface area (Å²) in [5.74, 6) is 0. The molecule has 2 aromatic carbocycles. The van der Waals surface area contributed by atoms with Crippen LogP contribution in [0.1, 0.15) is 0 Å². The van der Waals surface area contributed by atoms with Crippen molar-refractivity contribution in [2.24, 2.45) is 0 Å². The number of nitrogens with zero attached hydrogens (tertiary/aromatic N) is 2. The average Bonchev–Trinajstić information content (AvgIpc) is 3.51. The van der Waals surface area contributed by atoms with Crippen LogP contribution in [0.25, 0.3) is 33.5 Å². The van der Waals surface area contributed by atoms with Crippen LogP contribution >= 0.6 is 11.6 Å². The van der Waals surface area contributed by atoms with Crippen LogP contribution in [0, 0.1) is 0 Å². The highest BCUT2D eigenvalue weighted by Crippen LogP contribution is 2.33. The molecule has 2 fully saturated rings. The number of H-pyrrole nitrogens is 1. The van der Waals surface area contributed by atoms with E-state index in [4.69, 9.17) is 25.8 Å². The molecule has 4 heterocycles. The Morgan fingerprint density at radius 2 is 1.62 bits per heavy atom. The molecule has 0 amide bonds. The van der Waals surface area contributed by atoms with Gasteiger partial charge in [-0.1, -0.05) is 66.2 Å². The van der Waals surface area contributed by atoms with Crippen LogP contribution in [-0.2, 0) is 9.47 Å². The Labute approximate surface area is 188 Å². The number of rotatable bonds is 4. The van der Waals surface area contributed by atoms with E-state index in [-0.39, 0.29) is 19.2 Å². The normalized spacial score (nSPS) is 24.7.